The van der Waals surface area contributed by atoms with Gasteiger partial charge in [0.25, 0.3) is 11.8 Å². The Balaban J connectivity index is 1.77. The molecule has 0 unspecified atom stereocenters. The van der Waals surface area contributed by atoms with Gasteiger partial charge in [-0.2, -0.15) is 0 Å². The van der Waals surface area contributed by atoms with E-state index in [2.05, 4.69) is 0 Å². The maximum Gasteiger partial charge on any atom is 0.261 e. The third kappa shape index (κ3) is 2.05. The van der Waals surface area contributed by atoms with Crippen LogP contribution in [-0.2, 0) is 6.42 Å². The van der Waals surface area contributed by atoms with Gasteiger partial charge in [0.2, 0.25) is 0 Å². The number of carbonyl (C=O) groups excluding carboxylic acids is 2. The van der Waals surface area contributed by atoms with E-state index >= 15 is 0 Å². The molecule has 2 aromatic rings. The van der Waals surface area contributed by atoms with E-state index in [0.29, 0.717) is 24.1 Å². The molecular weight excluding hydrogens is 254 g/mol. The molecule has 3 rings (SSSR count). The quantitative estimate of drug-likeness (QED) is 0.868. The summed E-state index contributed by atoms with van der Waals surface area (Å²) in [6.07, 6.45) is 0.528. The van der Waals surface area contributed by atoms with Gasteiger partial charge in [-0.1, -0.05) is 24.3 Å². The first-order valence-electron chi connectivity index (χ1n) is 6.40. The zero-order valence-corrected chi connectivity index (χ0v) is 10.7. The second kappa shape index (κ2) is 4.81. The largest absolute Gasteiger partial charge is 0.508 e. The Morgan fingerprint density at radius 2 is 1.55 bits per heavy atom. The van der Waals surface area contributed by atoms with Crippen molar-refractivity contribution >= 4 is 11.8 Å². The van der Waals surface area contributed by atoms with Gasteiger partial charge in [-0.05, 0) is 36.2 Å². The summed E-state index contributed by atoms with van der Waals surface area (Å²) in [5, 5.41) is 9.40. The lowest BCUT2D eigenvalue weighted by Crippen LogP contribution is -2.31. The first-order valence-corrected chi connectivity index (χ1v) is 6.40. The van der Waals surface area contributed by atoms with E-state index in [9.17, 15) is 14.7 Å². The van der Waals surface area contributed by atoms with Crippen LogP contribution in [0.1, 0.15) is 26.3 Å². The highest BCUT2D eigenvalue weighted by molar-refractivity contribution is 6.21. The summed E-state index contributed by atoms with van der Waals surface area (Å²) in [7, 11) is 0. The average molecular weight is 267 g/mol. The Bertz CT molecular complexity index is 659. The summed E-state index contributed by atoms with van der Waals surface area (Å²) in [4.78, 5) is 25.6. The van der Waals surface area contributed by atoms with Gasteiger partial charge in [0, 0.05) is 6.54 Å². The SMILES string of the molecule is O=C1c2ccccc2C(=O)N1CCc1cccc(O)c1. The van der Waals surface area contributed by atoms with Crippen molar-refractivity contribution in [2.75, 3.05) is 6.54 Å². The third-order valence-corrected chi connectivity index (χ3v) is 3.41. The number of imide groups is 1. The van der Waals surface area contributed by atoms with Crippen LogP contribution in [0, 0.1) is 0 Å². The van der Waals surface area contributed by atoms with Crippen LogP contribution in [0.5, 0.6) is 5.75 Å². The summed E-state index contributed by atoms with van der Waals surface area (Å²) in [5.74, 6) is -0.304. The van der Waals surface area contributed by atoms with E-state index in [4.69, 9.17) is 0 Å². The van der Waals surface area contributed by atoms with Crippen LogP contribution in [0.2, 0.25) is 0 Å². The molecule has 100 valence electrons. The Hall–Kier alpha value is -2.62. The minimum Gasteiger partial charge on any atom is -0.508 e. The summed E-state index contributed by atoms with van der Waals surface area (Å²) >= 11 is 0. The molecule has 0 bridgehead atoms. The molecule has 0 spiro atoms. The maximum absolute atomic E-state index is 12.2. The highest BCUT2D eigenvalue weighted by atomic mass is 16.3. The second-order valence-electron chi connectivity index (χ2n) is 4.73. The molecule has 1 aliphatic rings. The molecule has 0 aliphatic carbocycles. The molecule has 2 aromatic carbocycles. The molecule has 1 aliphatic heterocycles. The number of hydrogen-bond acceptors (Lipinski definition) is 3. The van der Waals surface area contributed by atoms with Crippen LogP contribution in [0.25, 0.3) is 0 Å². The summed E-state index contributed by atoms with van der Waals surface area (Å²) < 4.78 is 0. The molecule has 0 atom stereocenters. The monoisotopic (exact) mass is 267 g/mol. The first kappa shape index (κ1) is 12.4. The van der Waals surface area contributed by atoms with Crippen molar-refractivity contribution in [2.45, 2.75) is 6.42 Å². The van der Waals surface area contributed by atoms with Gasteiger partial charge in [0.1, 0.15) is 5.75 Å². The lowest BCUT2D eigenvalue weighted by Gasteiger charge is -2.13. The smallest absolute Gasteiger partial charge is 0.261 e. The lowest BCUT2D eigenvalue weighted by atomic mass is 10.1. The number of fused-ring (bicyclic) bond motifs is 1. The molecule has 4 heteroatoms. The Morgan fingerprint density at radius 3 is 2.15 bits per heavy atom. The molecule has 0 saturated heterocycles. The standard InChI is InChI=1S/C16H13NO3/c18-12-5-3-4-11(10-12)8-9-17-15(19)13-6-1-2-7-14(13)16(17)20/h1-7,10,18H,8-9H2. The number of benzene rings is 2. The van der Waals surface area contributed by atoms with Crippen LogP contribution in [0.4, 0.5) is 0 Å². The molecule has 0 radical (unpaired) electrons. The van der Waals surface area contributed by atoms with Gasteiger partial charge in [0.05, 0.1) is 11.1 Å². The van der Waals surface area contributed by atoms with Crippen molar-refractivity contribution in [3.05, 3.63) is 65.2 Å². The van der Waals surface area contributed by atoms with Crippen LogP contribution >= 0.6 is 0 Å². The molecular formula is C16H13NO3. The minimum atomic E-state index is -0.245. The summed E-state index contributed by atoms with van der Waals surface area (Å²) in [5.41, 5.74) is 1.82. The minimum absolute atomic E-state index is 0.185. The molecule has 20 heavy (non-hydrogen) atoms. The van der Waals surface area contributed by atoms with Gasteiger partial charge in [-0.25, -0.2) is 0 Å². The third-order valence-electron chi connectivity index (χ3n) is 3.41. The average Bonchev–Trinajstić information content (AvgIpc) is 2.70. The van der Waals surface area contributed by atoms with Crippen molar-refractivity contribution in [1.82, 2.24) is 4.90 Å². The number of phenolic OH excluding ortho intramolecular Hbond substituents is 1. The van der Waals surface area contributed by atoms with Gasteiger partial charge < -0.3 is 5.11 Å². The number of nitrogens with zero attached hydrogens (tertiary/aromatic N) is 1. The van der Waals surface area contributed by atoms with Gasteiger partial charge in [-0.15, -0.1) is 0 Å². The van der Waals surface area contributed by atoms with Crippen molar-refractivity contribution < 1.29 is 14.7 Å². The van der Waals surface area contributed by atoms with E-state index in [1.54, 1.807) is 42.5 Å². The van der Waals surface area contributed by atoms with Gasteiger partial charge >= 0.3 is 0 Å². The normalized spacial score (nSPS) is 13.7. The van der Waals surface area contributed by atoms with Gasteiger partial charge in [0.15, 0.2) is 0 Å². The molecule has 2 amide bonds. The van der Waals surface area contributed by atoms with Crippen LogP contribution in [0.3, 0.4) is 0 Å². The number of phenols is 1. The maximum atomic E-state index is 12.2. The molecule has 4 nitrogen and oxygen atoms in total. The zero-order chi connectivity index (χ0) is 14.1. The number of aromatic hydroxyl groups is 1. The molecule has 1 heterocycles. The number of rotatable bonds is 3. The Kier molecular flexibility index (Phi) is 2.99. The highest BCUT2D eigenvalue weighted by Crippen LogP contribution is 2.22. The Morgan fingerprint density at radius 1 is 0.900 bits per heavy atom. The van der Waals surface area contributed by atoms with Crippen molar-refractivity contribution in [1.29, 1.82) is 0 Å². The van der Waals surface area contributed by atoms with E-state index in [-0.39, 0.29) is 17.6 Å². The fraction of sp³-hybridized carbons (Fsp3) is 0.125. The number of hydrogen-bond donors (Lipinski definition) is 1. The Labute approximate surface area is 116 Å². The van der Waals surface area contributed by atoms with E-state index in [1.807, 2.05) is 6.07 Å². The predicted molar refractivity (Wildman–Crippen MR) is 73.6 cm³/mol. The zero-order valence-electron chi connectivity index (χ0n) is 10.7. The van der Waals surface area contributed by atoms with E-state index in [1.165, 1.54) is 4.90 Å². The van der Waals surface area contributed by atoms with Crippen molar-refractivity contribution in [2.24, 2.45) is 0 Å². The fourth-order valence-corrected chi connectivity index (χ4v) is 2.40. The highest BCUT2D eigenvalue weighted by Gasteiger charge is 2.34. The number of carbonyl (C=O) groups is 2. The van der Waals surface area contributed by atoms with E-state index < -0.39 is 0 Å². The summed E-state index contributed by atoms with van der Waals surface area (Å²) in [6.45, 7) is 0.315. The van der Waals surface area contributed by atoms with Crippen LogP contribution < -0.4 is 0 Å². The van der Waals surface area contributed by atoms with Crippen LogP contribution in [-0.4, -0.2) is 28.4 Å². The molecule has 0 aromatic heterocycles. The predicted octanol–water partition coefficient (Wildman–Crippen LogP) is 2.23. The van der Waals surface area contributed by atoms with Crippen molar-refractivity contribution in [3.8, 4) is 5.75 Å². The first-order chi connectivity index (χ1) is 9.66. The summed E-state index contributed by atoms with van der Waals surface area (Å²) in [6, 6.07) is 13.7. The molecule has 0 fully saturated rings. The van der Waals surface area contributed by atoms with Crippen molar-refractivity contribution in [3.63, 3.8) is 0 Å². The topological polar surface area (TPSA) is 57.6 Å². The van der Waals surface area contributed by atoms with E-state index in [0.717, 1.165) is 5.56 Å². The van der Waals surface area contributed by atoms with Crippen LogP contribution in [0.15, 0.2) is 48.5 Å². The molecule has 1 N–H and O–H groups in total. The second-order valence-corrected chi connectivity index (χ2v) is 4.73. The molecule has 0 saturated carbocycles. The van der Waals surface area contributed by atoms with Gasteiger partial charge in [-0.3, -0.25) is 14.5 Å². The number of amides is 2. The fourth-order valence-electron chi connectivity index (χ4n) is 2.40. The lowest BCUT2D eigenvalue weighted by molar-refractivity contribution is 0.0656.